The van der Waals surface area contributed by atoms with E-state index < -0.39 is 11.6 Å². The largest absolute Gasteiger partial charge is 0.324 e. The molecule has 1 aromatic carbocycles. The first kappa shape index (κ1) is 13.7. The minimum atomic E-state index is -0.841. The second-order valence-electron chi connectivity index (χ2n) is 4.62. The zero-order valence-electron chi connectivity index (χ0n) is 11.0. The molecule has 1 atom stereocenters. The molecule has 3 nitrogen and oxygen atoms in total. The van der Waals surface area contributed by atoms with Gasteiger partial charge in [-0.3, -0.25) is 4.68 Å². The van der Waals surface area contributed by atoms with Crippen LogP contribution in [0.5, 0.6) is 0 Å². The Morgan fingerprint density at radius 2 is 2.05 bits per heavy atom. The molecule has 1 aromatic heterocycles. The van der Waals surface area contributed by atoms with Crippen molar-refractivity contribution in [1.29, 1.82) is 0 Å². The summed E-state index contributed by atoms with van der Waals surface area (Å²) in [4.78, 5) is 0. The normalized spacial score (nSPS) is 12.7. The van der Waals surface area contributed by atoms with Gasteiger partial charge in [-0.05, 0) is 30.5 Å². The second-order valence-corrected chi connectivity index (χ2v) is 4.62. The van der Waals surface area contributed by atoms with Crippen molar-refractivity contribution in [3.63, 3.8) is 0 Å². The maximum atomic E-state index is 13.1. The van der Waals surface area contributed by atoms with Gasteiger partial charge in [0.1, 0.15) is 0 Å². The molecular weight excluding hydrogens is 248 g/mol. The molecule has 0 aliphatic heterocycles. The van der Waals surface area contributed by atoms with Crippen LogP contribution in [0.3, 0.4) is 0 Å². The highest BCUT2D eigenvalue weighted by Gasteiger charge is 2.15. The Labute approximate surface area is 111 Å². The zero-order valence-corrected chi connectivity index (χ0v) is 11.0. The maximum Gasteiger partial charge on any atom is 0.159 e. The van der Waals surface area contributed by atoms with Crippen LogP contribution in [0.1, 0.15) is 29.8 Å². The van der Waals surface area contributed by atoms with Gasteiger partial charge in [-0.15, -0.1) is 0 Å². The van der Waals surface area contributed by atoms with Crippen molar-refractivity contribution in [1.82, 2.24) is 9.78 Å². The van der Waals surface area contributed by atoms with Crippen LogP contribution >= 0.6 is 0 Å². The monoisotopic (exact) mass is 265 g/mol. The first-order valence-electron chi connectivity index (χ1n) is 6.23. The summed E-state index contributed by atoms with van der Waals surface area (Å²) in [5.41, 5.74) is 8.71. The molecule has 0 saturated carbocycles. The molecule has 0 radical (unpaired) electrons. The van der Waals surface area contributed by atoms with Crippen LogP contribution < -0.4 is 5.73 Å². The van der Waals surface area contributed by atoms with E-state index >= 15 is 0 Å². The van der Waals surface area contributed by atoms with Crippen LogP contribution in [-0.4, -0.2) is 9.78 Å². The van der Waals surface area contributed by atoms with Gasteiger partial charge in [0, 0.05) is 24.8 Å². The standard InChI is InChI=1S/C14H17F2N3/c1-3-14-10(8-19(2)18-14)13(17)7-9-4-5-11(15)12(16)6-9/h4-6,8,13H,3,7,17H2,1-2H3. The summed E-state index contributed by atoms with van der Waals surface area (Å²) in [5, 5.41) is 4.33. The summed E-state index contributed by atoms with van der Waals surface area (Å²) in [6, 6.07) is 3.60. The van der Waals surface area contributed by atoms with E-state index in [4.69, 9.17) is 5.73 Å². The van der Waals surface area contributed by atoms with Gasteiger partial charge in [-0.1, -0.05) is 13.0 Å². The molecule has 102 valence electrons. The number of hydrogen-bond donors (Lipinski definition) is 1. The number of aromatic nitrogens is 2. The summed E-state index contributed by atoms with van der Waals surface area (Å²) in [6.07, 6.45) is 3.13. The Kier molecular flexibility index (Phi) is 3.95. The zero-order chi connectivity index (χ0) is 14.0. The van der Waals surface area contributed by atoms with Gasteiger partial charge in [0.05, 0.1) is 5.69 Å². The Hall–Kier alpha value is -1.75. The van der Waals surface area contributed by atoms with Gasteiger partial charge < -0.3 is 5.73 Å². The number of aryl methyl sites for hydroxylation is 2. The quantitative estimate of drug-likeness (QED) is 0.923. The molecule has 0 saturated heterocycles. The van der Waals surface area contributed by atoms with E-state index in [1.165, 1.54) is 6.07 Å². The van der Waals surface area contributed by atoms with E-state index in [1.807, 2.05) is 20.2 Å². The predicted molar refractivity (Wildman–Crippen MR) is 69.6 cm³/mol. The topological polar surface area (TPSA) is 43.8 Å². The van der Waals surface area contributed by atoms with Gasteiger partial charge in [-0.2, -0.15) is 5.10 Å². The van der Waals surface area contributed by atoms with Gasteiger partial charge >= 0.3 is 0 Å². The molecule has 1 heterocycles. The van der Waals surface area contributed by atoms with Crippen molar-refractivity contribution in [3.8, 4) is 0 Å². The molecule has 0 amide bonds. The lowest BCUT2D eigenvalue weighted by molar-refractivity contribution is 0.506. The molecule has 0 spiro atoms. The third-order valence-corrected chi connectivity index (χ3v) is 3.11. The van der Waals surface area contributed by atoms with Crippen molar-refractivity contribution in [3.05, 3.63) is 52.9 Å². The highest BCUT2D eigenvalue weighted by Crippen LogP contribution is 2.20. The molecular formula is C14H17F2N3. The predicted octanol–water partition coefficient (Wildman–Crippen LogP) is 2.50. The number of nitrogens with two attached hydrogens (primary N) is 1. The fourth-order valence-electron chi connectivity index (χ4n) is 2.17. The second kappa shape index (κ2) is 5.48. The molecule has 2 rings (SSSR count). The van der Waals surface area contributed by atoms with Crippen molar-refractivity contribution in [2.45, 2.75) is 25.8 Å². The van der Waals surface area contributed by atoms with Crippen LogP contribution in [0.25, 0.3) is 0 Å². The van der Waals surface area contributed by atoms with Crippen molar-refractivity contribution in [2.24, 2.45) is 12.8 Å². The van der Waals surface area contributed by atoms with E-state index in [-0.39, 0.29) is 6.04 Å². The van der Waals surface area contributed by atoms with E-state index in [2.05, 4.69) is 5.10 Å². The van der Waals surface area contributed by atoms with Crippen molar-refractivity contribution < 1.29 is 8.78 Å². The van der Waals surface area contributed by atoms with E-state index in [0.717, 1.165) is 23.7 Å². The Balaban J connectivity index is 2.20. The third kappa shape index (κ3) is 2.98. The highest BCUT2D eigenvalue weighted by molar-refractivity contribution is 5.25. The van der Waals surface area contributed by atoms with Crippen LogP contribution in [-0.2, 0) is 19.9 Å². The van der Waals surface area contributed by atoms with Crippen LogP contribution in [0.2, 0.25) is 0 Å². The Bertz CT molecular complexity index is 578. The molecule has 2 aromatic rings. The molecule has 0 fully saturated rings. The Morgan fingerprint density at radius 3 is 2.68 bits per heavy atom. The summed E-state index contributed by atoms with van der Waals surface area (Å²) < 4.78 is 27.7. The van der Waals surface area contributed by atoms with Crippen LogP contribution in [0.4, 0.5) is 8.78 Å². The SMILES string of the molecule is CCc1nn(C)cc1C(N)Cc1ccc(F)c(F)c1. The number of rotatable bonds is 4. The summed E-state index contributed by atoms with van der Waals surface area (Å²) in [5.74, 6) is -1.68. The van der Waals surface area contributed by atoms with Crippen LogP contribution in [0, 0.1) is 11.6 Å². The minimum absolute atomic E-state index is 0.270. The lowest BCUT2D eigenvalue weighted by Crippen LogP contribution is -2.14. The molecule has 1 unspecified atom stereocenters. The summed E-state index contributed by atoms with van der Waals surface area (Å²) >= 11 is 0. The fourth-order valence-corrected chi connectivity index (χ4v) is 2.17. The molecule has 19 heavy (non-hydrogen) atoms. The smallest absolute Gasteiger partial charge is 0.159 e. The summed E-state index contributed by atoms with van der Waals surface area (Å²) in [6.45, 7) is 2.01. The highest BCUT2D eigenvalue weighted by atomic mass is 19.2. The molecule has 0 bridgehead atoms. The van der Waals surface area contributed by atoms with Gasteiger partial charge in [0.25, 0.3) is 0 Å². The van der Waals surface area contributed by atoms with Gasteiger partial charge in [0.15, 0.2) is 11.6 Å². The first-order valence-corrected chi connectivity index (χ1v) is 6.23. The lowest BCUT2D eigenvalue weighted by atomic mass is 9.99. The number of halogens is 2. The summed E-state index contributed by atoms with van der Waals surface area (Å²) in [7, 11) is 1.84. The van der Waals surface area contributed by atoms with Crippen molar-refractivity contribution in [2.75, 3.05) is 0 Å². The van der Waals surface area contributed by atoms with Crippen molar-refractivity contribution >= 4 is 0 Å². The minimum Gasteiger partial charge on any atom is -0.324 e. The third-order valence-electron chi connectivity index (χ3n) is 3.11. The molecule has 0 aliphatic rings. The average Bonchev–Trinajstić information content (AvgIpc) is 2.75. The van der Waals surface area contributed by atoms with Crippen LogP contribution in [0.15, 0.2) is 24.4 Å². The van der Waals surface area contributed by atoms with E-state index in [9.17, 15) is 8.78 Å². The molecule has 0 aliphatic carbocycles. The number of hydrogen-bond acceptors (Lipinski definition) is 2. The van der Waals surface area contributed by atoms with E-state index in [1.54, 1.807) is 10.7 Å². The van der Waals surface area contributed by atoms with E-state index in [0.29, 0.717) is 12.0 Å². The maximum absolute atomic E-state index is 13.1. The number of nitrogens with zero attached hydrogens (tertiary/aromatic N) is 2. The average molecular weight is 265 g/mol. The van der Waals surface area contributed by atoms with Gasteiger partial charge in [-0.25, -0.2) is 8.78 Å². The fraction of sp³-hybridized carbons (Fsp3) is 0.357. The Morgan fingerprint density at radius 1 is 1.32 bits per heavy atom. The molecule has 5 heteroatoms. The first-order chi connectivity index (χ1) is 9.01. The molecule has 2 N–H and O–H groups in total. The number of benzene rings is 1. The lowest BCUT2D eigenvalue weighted by Gasteiger charge is -2.11. The van der Waals surface area contributed by atoms with Gasteiger partial charge in [0.2, 0.25) is 0 Å².